The summed E-state index contributed by atoms with van der Waals surface area (Å²) in [7, 11) is 1.37. The number of nitrogens with one attached hydrogen (secondary N) is 3. The largest absolute Gasteiger partial charge is 0.375 e. The van der Waals surface area contributed by atoms with Crippen LogP contribution >= 0.6 is 0 Å². The molecule has 0 saturated heterocycles. The minimum Gasteiger partial charge on any atom is -0.375 e. The number of benzene rings is 1. The Morgan fingerprint density at radius 3 is 2.73 bits per heavy atom. The summed E-state index contributed by atoms with van der Waals surface area (Å²) >= 11 is 0. The summed E-state index contributed by atoms with van der Waals surface area (Å²) < 4.78 is 19.6. The molecule has 10 heteroatoms. The van der Waals surface area contributed by atoms with Crippen molar-refractivity contribution in [1.29, 1.82) is 0 Å². The molecule has 198 valence electrons. The maximum absolute atomic E-state index is 14.8. The molecule has 3 heterocycles. The van der Waals surface area contributed by atoms with E-state index in [4.69, 9.17) is 4.74 Å². The Morgan fingerprint density at radius 1 is 1.27 bits per heavy atom. The van der Waals surface area contributed by atoms with Crippen LogP contribution in [0, 0.1) is 12.7 Å². The van der Waals surface area contributed by atoms with Crippen LogP contribution in [0.2, 0.25) is 0 Å². The molecule has 9 nitrogen and oxygen atoms in total. The quantitative estimate of drug-likeness (QED) is 0.448. The van der Waals surface area contributed by atoms with Crippen LogP contribution in [0.25, 0.3) is 11.6 Å². The molecule has 0 aliphatic carbocycles. The normalized spacial score (nSPS) is 16.2. The molecule has 0 radical (unpaired) electrons. The number of methoxy groups -OCH3 is 1. The number of carbonyl (C=O) groups is 3. The van der Waals surface area contributed by atoms with Gasteiger partial charge in [0.05, 0.1) is 22.5 Å². The molecule has 1 aromatic heterocycles. The summed E-state index contributed by atoms with van der Waals surface area (Å²) in [5, 5.41) is 5.18. The fourth-order valence-electron chi connectivity index (χ4n) is 4.94. The monoisotopic (exact) mass is 511 g/mol. The number of ether oxygens (including phenoxy) is 1. The molecule has 4 rings (SSSR count). The van der Waals surface area contributed by atoms with Crippen molar-refractivity contribution in [1.82, 2.24) is 14.8 Å². The van der Waals surface area contributed by atoms with Gasteiger partial charge in [0.1, 0.15) is 12.4 Å². The van der Waals surface area contributed by atoms with Crippen LogP contribution in [0.5, 0.6) is 0 Å². The zero-order valence-electron chi connectivity index (χ0n) is 21.8. The molecule has 0 atom stereocenters. The number of hydrogen-bond acceptors (Lipinski definition) is 5. The predicted octanol–water partition coefficient (Wildman–Crippen LogP) is 3.27. The van der Waals surface area contributed by atoms with Gasteiger partial charge in [0.15, 0.2) is 0 Å². The lowest BCUT2D eigenvalue weighted by Gasteiger charge is -2.25. The number of H-pyrrole nitrogens is 1. The first-order valence-electron chi connectivity index (χ1n) is 12.7. The van der Waals surface area contributed by atoms with Crippen molar-refractivity contribution in [2.24, 2.45) is 0 Å². The first-order chi connectivity index (χ1) is 17.8. The van der Waals surface area contributed by atoms with Crippen molar-refractivity contribution in [3.05, 3.63) is 46.0 Å². The lowest BCUT2D eigenvalue weighted by Crippen LogP contribution is -2.38. The fourth-order valence-corrected chi connectivity index (χ4v) is 4.94. The van der Waals surface area contributed by atoms with Gasteiger partial charge in [0, 0.05) is 43.7 Å². The van der Waals surface area contributed by atoms with Gasteiger partial charge in [0.25, 0.3) is 11.8 Å². The van der Waals surface area contributed by atoms with Gasteiger partial charge in [-0.05, 0) is 56.6 Å². The molecule has 0 spiro atoms. The number of aryl methyl sites for hydroxylation is 1. The van der Waals surface area contributed by atoms with Crippen LogP contribution in [-0.2, 0) is 20.7 Å². The average molecular weight is 512 g/mol. The zero-order valence-corrected chi connectivity index (χ0v) is 21.8. The molecule has 37 heavy (non-hydrogen) atoms. The third kappa shape index (κ3) is 5.45. The maximum atomic E-state index is 14.8. The number of fused-ring (bicyclic) bond motifs is 2. The van der Waals surface area contributed by atoms with Gasteiger partial charge < -0.3 is 30.2 Å². The highest BCUT2D eigenvalue weighted by Gasteiger charge is 2.30. The molecule has 2 aliphatic heterocycles. The first-order valence-corrected chi connectivity index (χ1v) is 12.7. The van der Waals surface area contributed by atoms with Crippen LogP contribution in [-0.4, -0.2) is 78.9 Å². The Hall–Kier alpha value is -3.50. The van der Waals surface area contributed by atoms with E-state index in [0.717, 1.165) is 43.7 Å². The predicted molar refractivity (Wildman–Crippen MR) is 141 cm³/mol. The van der Waals surface area contributed by atoms with Crippen molar-refractivity contribution >= 4 is 40.7 Å². The molecular formula is C27H34FN5O4. The molecule has 3 amide bonds. The number of amides is 3. The Morgan fingerprint density at radius 2 is 2.03 bits per heavy atom. The van der Waals surface area contributed by atoms with Crippen LogP contribution in [0.3, 0.4) is 0 Å². The van der Waals surface area contributed by atoms with E-state index in [1.807, 2.05) is 11.8 Å². The second kappa shape index (κ2) is 11.3. The van der Waals surface area contributed by atoms with Crippen molar-refractivity contribution < 1.29 is 23.5 Å². The maximum Gasteiger partial charge on any atom is 0.256 e. The summed E-state index contributed by atoms with van der Waals surface area (Å²) in [5.41, 5.74) is 3.98. The second-order valence-electron chi connectivity index (χ2n) is 9.31. The Labute approximate surface area is 216 Å². The number of likely N-dealkylation sites (N-methyl/N-ethyl adjacent to an activating group) is 1. The van der Waals surface area contributed by atoms with Crippen LogP contribution in [0.1, 0.15) is 53.1 Å². The highest BCUT2D eigenvalue weighted by Crippen LogP contribution is 2.37. The molecule has 2 aromatic rings. The SMILES string of the molecule is CCN(CC)CCN1CCCc2[nH]c(/C=C3\C(=O)Nc4cc(NC(=O)COC)c(F)cc43)c(C)c2C1=O. The molecule has 0 fully saturated rings. The van der Waals surface area contributed by atoms with Gasteiger partial charge >= 0.3 is 0 Å². The Balaban J connectivity index is 1.62. The van der Waals surface area contributed by atoms with Crippen molar-refractivity contribution in [2.75, 3.05) is 57.1 Å². The van der Waals surface area contributed by atoms with Gasteiger partial charge in [-0.1, -0.05) is 13.8 Å². The minimum absolute atomic E-state index is 0.00295. The van der Waals surface area contributed by atoms with E-state index in [9.17, 15) is 18.8 Å². The van der Waals surface area contributed by atoms with Crippen molar-refractivity contribution in [3.8, 4) is 0 Å². The molecule has 0 unspecified atom stereocenters. The van der Waals surface area contributed by atoms with Gasteiger partial charge in [-0.15, -0.1) is 0 Å². The number of hydrogen-bond donors (Lipinski definition) is 3. The molecule has 0 bridgehead atoms. The second-order valence-corrected chi connectivity index (χ2v) is 9.31. The Bertz CT molecular complexity index is 1250. The van der Waals surface area contributed by atoms with E-state index >= 15 is 0 Å². The van der Waals surface area contributed by atoms with E-state index in [1.165, 1.54) is 19.2 Å². The lowest BCUT2D eigenvalue weighted by atomic mass is 10.0. The summed E-state index contributed by atoms with van der Waals surface area (Å²) in [5.74, 6) is -1.55. The molecule has 3 N–H and O–H groups in total. The molecule has 1 aromatic carbocycles. The van der Waals surface area contributed by atoms with E-state index in [2.05, 4.69) is 34.4 Å². The number of rotatable bonds is 9. The van der Waals surface area contributed by atoms with E-state index in [0.29, 0.717) is 35.6 Å². The van der Waals surface area contributed by atoms with Gasteiger partial charge in [-0.3, -0.25) is 14.4 Å². The lowest BCUT2D eigenvalue weighted by molar-refractivity contribution is -0.119. The third-order valence-corrected chi connectivity index (χ3v) is 7.03. The summed E-state index contributed by atoms with van der Waals surface area (Å²) in [6.07, 6.45) is 3.25. The van der Waals surface area contributed by atoms with Gasteiger partial charge in [0.2, 0.25) is 5.91 Å². The summed E-state index contributed by atoms with van der Waals surface area (Å²) in [4.78, 5) is 45.6. The van der Waals surface area contributed by atoms with Gasteiger partial charge in [-0.2, -0.15) is 0 Å². The van der Waals surface area contributed by atoms with Gasteiger partial charge in [-0.25, -0.2) is 4.39 Å². The first kappa shape index (κ1) is 26.6. The summed E-state index contributed by atoms with van der Waals surface area (Å²) in [6.45, 7) is 9.96. The standard InChI is InChI=1S/C27H34FN5O4/c1-5-32(6-2)10-11-33-9-7-8-20-25(27(33)36)16(3)21(29-20)13-18-17-12-19(28)23(30-24(34)15-37-4)14-22(17)31-26(18)35/h12-14,29H,5-11,15H2,1-4H3,(H,30,34)(H,31,35)/b18-13-. The topological polar surface area (TPSA) is 107 Å². The highest BCUT2D eigenvalue weighted by molar-refractivity contribution is 6.35. The van der Waals surface area contributed by atoms with Crippen LogP contribution < -0.4 is 10.6 Å². The number of halogens is 1. The highest BCUT2D eigenvalue weighted by atomic mass is 19.1. The molecule has 0 saturated carbocycles. The Kier molecular flexibility index (Phi) is 8.09. The number of nitrogens with zero attached hydrogens (tertiary/aromatic N) is 2. The smallest absolute Gasteiger partial charge is 0.256 e. The van der Waals surface area contributed by atoms with E-state index < -0.39 is 11.7 Å². The number of aromatic amines is 1. The van der Waals surface area contributed by atoms with E-state index in [1.54, 1.807) is 6.08 Å². The van der Waals surface area contributed by atoms with Crippen LogP contribution in [0.4, 0.5) is 15.8 Å². The molecular weight excluding hydrogens is 477 g/mol. The number of anilines is 2. The fraction of sp³-hybridized carbons (Fsp3) is 0.444. The van der Waals surface area contributed by atoms with Crippen molar-refractivity contribution in [2.45, 2.75) is 33.6 Å². The minimum atomic E-state index is -0.663. The third-order valence-electron chi connectivity index (χ3n) is 7.03. The van der Waals surface area contributed by atoms with Crippen molar-refractivity contribution in [3.63, 3.8) is 0 Å². The number of aromatic nitrogens is 1. The van der Waals surface area contributed by atoms with Crippen LogP contribution in [0.15, 0.2) is 12.1 Å². The average Bonchev–Trinajstić information content (AvgIpc) is 3.27. The summed E-state index contributed by atoms with van der Waals surface area (Å²) in [6, 6.07) is 2.62. The molecule has 2 aliphatic rings. The van der Waals surface area contributed by atoms with E-state index in [-0.39, 0.29) is 29.7 Å². The zero-order chi connectivity index (χ0) is 26.7. The number of carbonyl (C=O) groups excluding carboxylic acids is 3.